The van der Waals surface area contributed by atoms with Gasteiger partial charge in [-0.25, -0.2) is 4.79 Å². The molecule has 1 aliphatic heterocycles. The fourth-order valence-corrected chi connectivity index (χ4v) is 10.2. The average Bonchev–Trinajstić information content (AvgIpc) is 3.19. The summed E-state index contributed by atoms with van der Waals surface area (Å²) in [6.07, 6.45) is -8.39. The molecule has 2 radical (unpaired) electrons. The van der Waals surface area contributed by atoms with Crippen LogP contribution in [0.3, 0.4) is 0 Å². The molecule has 3 aromatic carbocycles. The minimum absolute atomic E-state index is 0. The molecule has 2 bridgehead atoms. The molecule has 0 aromatic heterocycles. The Labute approximate surface area is 409 Å². The standard InChI is InChI=1S/C44H49NO11.2Ac/c1-24-30(56-40(52)36(49)34(26-16-10-6-11-17-26)45-39(51)27-18-12-7-13-19-27)22-44(54)28(20-29(46)25-14-8-5-9-15-25)37-42(4,31(47)21-32-43(37,53)23-55-32)38(50)35(48)33(24)41(44,2)3;;/h5-19,28,30-32,34-37,47-49,53-54H,20-23H2,1-4H3,(H,45,51);;/t28-,30?,31?,32?,34?,35?,36?,37?,42+,43-,44?;;/m0../s1. The number of benzene rings is 3. The topological polar surface area (TPSA) is 200 Å². The number of aliphatic hydroxyl groups is 5. The van der Waals surface area contributed by atoms with Crippen molar-refractivity contribution in [2.75, 3.05) is 6.61 Å². The van der Waals surface area contributed by atoms with Crippen LogP contribution in [0.15, 0.2) is 102 Å². The van der Waals surface area contributed by atoms with Gasteiger partial charge < -0.3 is 40.3 Å². The van der Waals surface area contributed by atoms with E-state index in [2.05, 4.69) is 5.32 Å². The normalized spacial score (nSPS) is 33.2. The summed E-state index contributed by atoms with van der Waals surface area (Å²) in [4.78, 5) is 56.3. The molecule has 302 valence electrons. The van der Waals surface area contributed by atoms with Crippen LogP contribution in [0.1, 0.15) is 79.3 Å². The predicted octanol–water partition coefficient (Wildman–Crippen LogP) is 3.26. The SMILES string of the molecule is CC1=C2C(O)C(=O)[C@]3(C)C(O)CC4OC[C@@]4(O)C3[C@H](CC(=O)c3ccccc3)C(O)(CC1OC(=O)C(O)C(NC(=O)c1ccccc1)c1ccccc1)C2(C)C.[Ac].[Ac]. The Morgan fingerprint density at radius 3 is 1.98 bits per heavy atom. The first-order chi connectivity index (χ1) is 26.5. The maximum absolute atomic E-state index is 14.8. The third-order valence-electron chi connectivity index (χ3n) is 13.4. The largest absolute Gasteiger partial charge is 0.456 e. The van der Waals surface area contributed by atoms with Gasteiger partial charge in [-0.3, -0.25) is 14.4 Å². The van der Waals surface area contributed by atoms with Crippen molar-refractivity contribution in [1.82, 2.24) is 5.32 Å². The Bertz CT molecular complexity index is 2050. The van der Waals surface area contributed by atoms with Crippen LogP contribution in [0.5, 0.6) is 0 Å². The summed E-state index contributed by atoms with van der Waals surface area (Å²) < 4.78 is 11.7. The molecular weight excluding hydrogens is 1170 g/mol. The van der Waals surface area contributed by atoms with Gasteiger partial charge in [0, 0.05) is 136 Å². The van der Waals surface area contributed by atoms with E-state index in [0.717, 1.165) is 0 Å². The fraction of sp³-hybridized carbons (Fsp3) is 0.455. The van der Waals surface area contributed by atoms with Gasteiger partial charge >= 0.3 is 5.97 Å². The van der Waals surface area contributed by atoms with Crippen LogP contribution in [0.4, 0.5) is 0 Å². The van der Waals surface area contributed by atoms with Gasteiger partial charge in [-0.2, -0.15) is 0 Å². The summed E-state index contributed by atoms with van der Waals surface area (Å²) in [5.41, 5.74) is -5.84. The number of rotatable bonds is 9. The number of amides is 1. The number of nitrogens with one attached hydrogen (secondary N) is 1. The summed E-state index contributed by atoms with van der Waals surface area (Å²) in [6, 6.07) is 23.8. The van der Waals surface area contributed by atoms with E-state index in [0.29, 0.717) is 16.7 Å². The van der Waals surface area contributed by atoms with Gasteiger partial charge in [-0.15, -0.1) is 0 Å². The van der Waals surface area contributed by atoms with E-state index in [1.807, 2.05) is 0 Å². The molecule has 2 saturated carbocycles. The van der Waals surface area contributed by atoms with Crippen molar-refractivity contribution in [3.05, 3.63) is 119 Å². The number of fused-ring (bicyclic) bond motifs is 5. The van der Waals surface area contributed by atoms with Crippen LogP contribution in [0.2, 0.25) is 0 Å². The summed E-state index contributed by atoms with van der Waals surface area (Å²) in [7, 11) is 0. The van der Waals surface area contributed by atoms with Crippen LogP contribution < -0.4 is 5.32 Å². The van der Waals surface area contributed by atoms with E-state index >= 15 is 0 Å². The van der Waals surface area contributed by atoms with E-state index in [1.54, 1.807) is 112 Å². The molecule has 1 amide bonds. The second kappa shape index (κ2) is 18.0. The smallest absolute Gasteiger partial charge is 0.338 e. The Hall–Kier alpha value is -1.68. The molecule has 3 aliphatic carbocycles. The third-order valence-corrected chi connectivity index (χ3v) is 13.4. The van der Waals surface area contributed by atoms with Crippen molar-refractivity contribution in [1.29, 1.82) is 0 Å². The van der Waals surface area contributed by atoms with E-state index in [1.165, 1.54) is 6.92 Å². The molecule has 12 nitrogen and oxygen atoms in total. The molecule has 3 fully saturated rings. The molecule has 7 rings (SSSR count). The van der Waals surface area contributed by atoms with Crippen LogP contribution in [0.25, 0.3) is 0 Å². The molecule has 8 unspecified atom stereocenters. The molecule has 6 N–H and O–H groups in total. The summed E-state index contributed by atoms with van der Waals surface area (Å²) in [6.45, 7) is 6.08. The Morgan fingerprint density at radius 1 is 0.879 bits per heavy atom. The minimum atomic E-state index is -2.08. The number of ether oxygens (including phenoxy) is 2. The van der Waals surface area contributed by atoms with Crippen molar-refractivity contribution in [2.24, 2.45) is 22.7 Å². The van der Waals surface area contributed by atoms with Crippen molar-refractivity contribution >= 4 is 23.4 Å². The number of esters is 1. The molecule has 58 heavy (non-hydrogen) atoms. The minimum Gasteiger partial charge on any atom is -0.456 e. The number of carbonyl (C=O) groups is 4. The van der Waals surface area contributed by atoms with E-state index in [-0.39, 0.29) is 125 Å². The maximum Gasteiger partial charge on any atom is 0.338 e. The summed E-state index contributed by atoms with van der Waals surface area (Å²) in [5, 5.41) is 63.9. The first-order valence-electron chi connectivity index (χ1n) is 19.0. The second-order valence-corrected chi connectivity index (χ2v) is 16.6. The molecular formula is C44H49Ac2NO11. The quantitative estimate of drug-likeness (QED) is 0.105. The Morgan fingerprint density at radius 2 is 1.43 bits per heavy atom. The molecule has 3 aromatic rings. The van der Waals surface area contributed by atoms with Gasteiger partial charge in [-0.1, -0.05) is 92.7 Å². The number of Topliss-reactive ketones (excluding diaryl/α,β-unsaturated/α-hetero) is 2. The van der Waals surface area contributed by atoms with Gasteiger partial charge in [0.25, 0.3) is 5.91 Å². The summed E-state index contributed by atoms with van der Waals surface area (Å²) >= 11 is 0. The van der Waals surface area contributed by atoms with Crippen molar-refractivity contribution in [2.45, 2.75) is 94.7 Å². The van der Waals surface area contributed by atoms with Crippen LogP contribution in [-0.4, -0.2) is 97.3 Å². The molecule has 11 atom stereocenters. The molecule has 1 heterocycles. The van der Waals surface area contributed by atoms with Gasteiger partial charge in [0.05, 0.1) is 35.9 Å². The van der Waals surface area contributed by atoms with Crippen LogP contribution >= 0.6 is 0 Å². The van der Waals surface area contributed by atoms with Crippen LogP contribution in [-0.2, 0) is 19.1 Å². The van der Waals surface area contributed by atoms with Crippen molar-refractivity contribution in [3.63, 3.8) is 0 Å². The zero-order chi connectivity index (χ0) is 40.4. The summed E-state index contributed by atoms with van der Waals surface area (Å²) in [5.74, 6) is -5.47. The number of carbonyl (C=O) groups excluding carboxylic acids is 4. The molecule has 0 spiro atoms. The second-order valence-electron chi connectivity index (χ2n) is 16.6. The van der Waals surface area contributed by atoms with Gasteiger partial charge in [0.2, 0.25) is 0 Å². The third kappa shape index (κ3) is 7.84. The average molecular weight is 1220 g/mol. The fourth-order valence-electron chi connectivity index (χ4n) is 10.2. The molecule has 14 heteroatoms. The van der Waals surface area contributed by atoms with Crippen molar-refractivity contribution < 1.29 is 142 Å². The number of hydrogen-bond donors (Lipinski definition) is 6. The van der Waals surface area contributed by atoms with Gasteiger partial charge in [0.1, 0.15) is 17.8 Å². The van der Waals surface area contributed by atoms with Crippen molar-refractivity contribution in [3.8, 4) is 0 Å². The van der Waals surface area contributed by atoms with Crippen LogP contribution in [0, 0.1) is 111 Å². The molecule has 4 aliphatic rings. The first-order valence-corrected chi connectivity index (χ1v) is 19.0. The van der Waals surface area contributed by atoms with E-state index in [9.17, 15) is 44.7 Å². The van der Waals surface area contributed by atoms with E-state index < -0.39 is 93.9 Å². The number of hydrogen-bond acceptors (Lipinski definition) is 11. The van der Waals surface area contributed by atoms with Gasteiger partial charge in [-0.05, 0) is 42.7 Å². The first kappa shape index (κ1) is 47.4. The maximum atomic E-state index is 14.8. The zero-order valence-electron chi connectivity index (χ0n) is 32.9. The monoisotopic (exact) mass is 1220 g/mol. The predicted molar refractivity (Wildman–Crippen MR) is 202 cm³/mol. The molecule has 1 saturated heterocycles. The zero-order valence-corrected chi connectivity index (χ0v) is 42.4. The Balaban J connectivity index is 0.00000320. The Kier molecular flexibility index (Phi) is 14.7. The van der Waals surface area contributed by atoms with Gasteiger partial charge in [0.15, 0.2) is 17.7 Å². The number of ketones is 2. The number of aliphatic hydroxyl groups excluding tert-OH is 3. The van der Waals surface area contributed by atoms with E-state index in [4.69, 9.17) is 9.47 Å².